The van der Waals surface area contributed by atoms with Crippen LogP contribution >= 0.6 is 22.9 Å². The number of benzene rings is 1. The van der Waals surface area contributed by atoms with Crippen LogP contribution in [-0.4, -0.2) is 35.1 Å². The third-order valence-electron chi connectivity index (χ3n) is 3.98. The predicted molar refractivity (Wildman–Crippen MR) is 87.0 cm³/mol. The Bertz CT molecular complexity index is 686. The van der Waals surface area contributed by atoms with E-state index >= 15 is 0 Å². The quantitative estimate of drug-likeness (QED) is 0.892. The van der Waals surface area contributed by atoms with Gasteiger partial charge in [0, 0.05) is 21.7 Å². The van der Waals surface area contributed by atoms with E-state index in [0.29, 0.717) is 22.1 Å². The molecule has 1 aromatic carbocycles. The molecule has 1 fully saturated rings. The minimum Gasteiger partial charge on any atom is -0.397 e. The maximum atomic E-state index is 12.8. The summed E-state index contributed by atoms with van der Waals surface area (Å²) in [5.41, 5.74) is 6.65. The molecule has 112 valence electrons. The Morgan fingerprint density at radius 1 is 1.48 bits per heavy atom. The molecule has 6 heteroatoms. The second-order valence-electron chi connectivity index (χ2n) is 5.32. The zero-order valence-electron chi connectivity index (χ0n) is 11.5. The fraction of sp³-hybridized carbons (Fsp3) is 0.400. The van der Waals surface area contributed by atoms with E-state index in [1.165, 1.54) is 11.3 Å². The highest BCUT2D eigenvalue weighted by atomic mass is 35.5. The van der Waals surface area contributed by atoms with Gasteiger partial charge in [-0.1, -0.05) is 11.6 Å². The molecule has 21 heavy (non-hydrogen) atoms. The van der Waals surface area contributed by atoms with Crippen molar-refractivity contribution in [1.82, 2.24) is 4.90 Å². The van der Waals surface area contributed by atoms with Gasteiger partial charge in [0.1, 0.15) is 4.88 Å². The Morgan fingerprint density at radius 3 is 3.05 bits per heavy atom. The number of aliphatic hydroxyl groups excluding tert-OH is 1. The highest BCUT2D eigenvalue weighted by Gasteiger charge is 2.29. The highest BCUT2D eigenvalue weighted by Crippen LogP contribution is 2.36. The largest absolute Gasteiger partial charge is 0.397 e. The first-order valence-electron chi connectivity index (χ1n) is 7.01. The molecule has 1 aliphatic heterocycles. The number of piperidine rings is 1. The van der Waals surface area contributed by atoms with Crippen LogP contribution in [0.3, 0.4) is 0 Å². The van der Waals surface area contributed by atoms with Crippen LogP contribution in [0.5, 0.6) is 0 Å². The molecule has 3 N–H and O–H groups in total. The average Bonchev–Trinajstić information content (AvgIpc) is 2.82. The molecule has 1 saturated heterocycles. The summed E-state index contributed by atoms with van der Waals surface area (Å²) in [7, 11) is 0. The summed E-state index contributed by atoms with van der Waals surface area (Å²) in [6.07, 6.45) is 2.87. The summed E-state index contributed by atoms with van der Waals surface area (Å²) in [6.45, 7) is 0.681. The number of nitrogens with zero attached hydrogens (tertiary/aromatic N) is 1. The minimum absolute atomic E-state index is 0.00235. The van der Waals surface area contributed by atoms with Crippen molar-refractivity contribution in [3.63, 3.8) is 0 Å². The molecular formula is C15H17ClN2O2S. The predicted octanol–water partition coefficient (Wildman–Crippen LogP) is 3.12. The van der Waals surface area contributed by atoms with Gasteiger partial charge in [0.2, 0.25) is 0 Å². The summed E-state index contributed by atoms with van der Waals surface area (Å²) >= 11 is 7.36. The topological polar surface area (TPSA) is 66.6 Å². The second kappa shape index (κ2) is 5.83. The van der Waals surface area contributed by atoms with Crippen molar-refractivity contribution in [3.05, 3.63) is 28.1 Å². The first-order chi connectivity index (χ1) is 10.1. The molecule has 0 spiro atoms. The number of fused-ring (bicyclic) bond motifs is 1. The van der Waals surface area contributed by atoms with Gasteiger partial charge in [-0.2, -0.15) is 0 Å². The summed E-state index contributed by atoms with van der Waals surface area (Å²) < 4.78 is 0.918. The number of carbonyl (C=O) groups excluding carboxylic acids is 1. The van der Waals surface area contributed by atoms with Gasteiger partial charge in [0.15, 0.2) is 0 Å². The molecule has 3 rings (SSSR count). The minimum atomic E-state index is -0.0977. The van der Waals surface area contributed by atoms with Crippen molar-refractivity contribution in [2.75, 3.05) is 18.9 Å². The number of halogens is 1. The number of aliphatic hydroxyl groups is 1. The SMILES string of the molecule is Nc1c(C(=O)N2CCCCC2CO)sc2cc(Cl)ccc12. The normalized spacial score (nSPS) is 19.1. The van der Waals surface area contributed by atoms with E-state index in [0.717, 1.165) is 29.3 Å². The van der Waals surface area contributed by atoms with Crippen LogP contribution in [0.4, 0.5) is 5.69 Å². The Hall–Kier alpha value is -1.30. The fourth-order valence-electron chi connectivity index (χ4n) is 2.84. The van der Waals surface area contributed by atoms with Crippen LogP contribution < -0.4 is 5.73 Å². The van der Waals surface area contributed by atoms with Gasteiger partial charge < -0.3 is 15.7 Å². The average molecular weight is 325 g/mol. The number of anilines is 1. The lowest BCUT2D eigenvalue weighted by molar-refractivity contribution is 0.0509. The molecule has 0 bridgehead atoms. The summed E-state index contributed by atoms with van der Waals surface area (Å²) in [5, 5.41) is 11.0. The van der Waals surface area contributed by atoms with Crippen LogP contribution in [0.2, 0.25) is 5.02 Å². The van der Waals surface area contributed by atoms with Gasteiger partial charge in [-0.15, -0.1) is 11.3 Å². The van der Waals surface area contributed by atoms with Gasteiger partial charge in [0.25, 0.3) is 5.91 Å². The summed E-state index contributed by atoms with van der Waals surface area (Å²) in [5.74, 6) is -0.0800. The van der Waals surface area contributed by atoms with E-state index in [-0.39, 0.29) is 18.6 Å². The van der Waals surface area contributed by atoms with Crippen molar-refractivity contribution in [3.8, 4) is 0 Å². The van der Waals surface area contributed by atoms with Crippen molar-refractivity contribution < 1.29 is 9.90 Å². The van der Waals surface area contributed by atoms with E-state index in [2.05, 4.69) is 0 Å². The van der Waals surface area contributed by atoms with Gasteiger partial charge in [-0.05, 0) is 37.5 Å². The maximum absolute atomic E-state index is 12.8. The third-order valence-corrected chi connectivity index (χ3v) is 5.37. The third kappa shape index (κ3) is 2.61. The molecule has 1 aromatic heterocycles. The van der Waals surface area contributed by atoms with Crippen molar-refractivity contribution in [2.45, 2.75) is 25.3 Å². The van der Waals surface area contributed by atoms with Crippen LogP contribution in [0.25, 0.3) is 10.1 Å². The van der Waals surface area contributed by atoms with Crippen molar-refractivity contribution in [2.24, 2.45) is 0 Å². The van der Waals surface area contributed by atoms with Crippen LogP contribution in [-0.2, 0) is 0 Å². The molecule has 0 aliphatic carbocycles. The van der Waals surface area contributed by atoms with Gasteiger partial charge in [-0.3, -0.25) is 4.79 Å². The maximum Gasteiger partial charge on any atom is 0.266 e. The van der Waals surface area contributed by atoms with Gasteiger partial charge in [0.05, 0.1) is 18.3 Å². The smallest absolute Gasteiger partial charge is 0.266 e. The van der Waals surface area contributed by atoms with E-state index in [1.54, 1.807) is 11.0 Å². The molecule has 1 unspecified atom stereocenters. The number of carbonyl (C=O) groups is 1. The molecule has 1 atom stereocenters. The monoisotopic (exact) mass is 324 g/mol. The van der Waals surface area contributed by atoms with E-state index in [4.69, 9.17) is 17.3 Å². The molecule has 2 heterocycles. The summed E-state index contributed by atoms with van der Waals surface area (Å²) in [6, 6.07) is 5.35. The summed E-state index contributed by atoms with van der Waals surface area (Å²) in [4.78, 5) is 15.1. The first kappa shape index (κ1) is 14.6. The fourth-order valence-corrected chi connectivity index (χ4v) is 4.19. The van der Waals surface area contributed by atoms with Crippen molar-refractivity contribution in [1.29, 1.82) is 0 Å². The van der Waals surface area contributed by atoms with Gasteiger partial charge >= 0.3 is 0 Å². The number of amides is 1. The van der Waals surface area contributed by atoms with Gasteiger partial charge in [-0.25, -0.2) is 0 Å². The number of nitrogens with two attached hydrogens (primary N) is 1. The second-order valence-corrected chi connectivity index (χ2v) is 6.80. The van der Waals surface area contributed by atoms with Crippen LogP contribution in [0.15, 0.2) is 18.2 Å². The standard InChI is InChI=1S/C15H17ClN2O2S/c16-9-4-5-11-12(7-9)21-14(13(11)17)15(20)18-6-2-1-3-10(18)8-19/h4-5,7,10,19H,1-3,6,8,17H2. The van der Waals surface area contributed by atoms with Crippen LogP contribution in [0, 0.1) is 0 Å². The Labute approximate surface area is 132 Å². The lowest BCUT2D eigenvalue weighted by atomic mass is 10.0. The number of hydrogen-bond donors (Lipinski definition) is 2. The number of likely N-dealkylation sites (tertiary alicyclic amines) is 1. The number of rotatable bonds is 2. The molecule has 0 radical (unpaired) electrons. The molecule has 2 aromatic rings. The molecular weight excluding hydrogens is 308 g/mol. The molecule has 1 amide bonds. The van der Waals surface area contributed by atoms with E-state index < -0.39 is 0 Å². The molecule has 0 saturated carbocycles. The molecule has 4 nitrogen and oxygen atoms in total. The Balaban J connectivity index is 1.99. The number of nitrogen functional groups attached to an aromatic ring is 1. The Kier molecular flexibility index (Phi) is 4.06. The Morgan fingerprint density at radius 2 is 2.29 bits per heavy atom. The van der Waals surface area contributed by atoms with Crippen molar-refractivity contribution >= 4 is 44.6 Å². The zero-order valence-corrected chi connectivity index (χ0v) is 13.1. The lowest BCUT2D eigenvalue weighted by Gasteiger charge is -2.34. The van der Waals surface area contributed by atoms with Crippen LogP contribution in [0.1, 0.15) is 28.9 Å². The van der Waals surface area contributed by atoms with E-state index in [1.807, 2.05) is 12.1 Å². The molecule has 1 aliphatic rings. The number of hydrogen-bond acceptors (Lipinski definition) is 4. The first-order valence-corrected chi connectivity index (χ1v) is 8.20. The number of thiophene rings is 1. The highest BCUT2D eigenvalue weighted by molar-refractivity contribution is 7.21. The zero-order chi connectivity index (χ0) is 15.0. The van der Waals surface area contributed by atoms with E-state index in [9.17, 15) is 9.90 Å². The lowest BCUT2D eigenvalue weighted by Crippen LogP contribution is -2.45.